The van der Waals surface area contributed by atoms with Crippen molar-refractivity contribution in [1.29, 1.82) is 0 Å². The maximum Gasteiger partial charge on any atom is 0.160 e. The Morgan fingerprint density at radius 2 is 2.35 bits per heavy atom. The molecule has 0 saturated carbocycles. The summed E-state index contributed by atoms with van der Waals surface area (Å²) < 4.78 is 13.2. The Hall–Kier alpha value is -0.910. The summed E-state index contributed by atoms with van der Waals surface area (Å²) in [4.78, 5) is 0. The topological polar surface area (TPSA) is 56.5 Å². The fourth-order valence-corrected chi connectivity index (χ4v) is 2.15. The van der Waals surface area contributed by atoms with Crippen molar-refractivity contribution in [3.8, 4) is 0 Å². The highest BCUT2D eigenvalue weighted by molar-refractivity contribution is 4.84. The van der Waals surface area contributed by atoms with E-state index in [1.807, 2.05) is 23.9 Å². The third kappa shape index (κ3) is 3.52. The molecule has 0 unspecified atom stereocenters. The third-order valence-electron chi connectivity index (χ3n) is 2.82. The minimum atomic E-state index is -1.11. The fraction of sp³-hybridized carbons (Fsp3) is 0.750. The van der Waals surface area contributed by atoms with Gasteiger partial charge in [-0.05, 0) is 26.8 Å². The van der Waals surface area contributed by atoms with Crippen LogP contribution in [0.2, 0.25) is 0 Å². The van der Waals surface area contributed by atoms with Crippen molar-refractivity contribution in [2.75, 3.05) is 0 Å². The maximum absolute atomic E-state index is 9.64. The van der Waals surface area contributed by atoms with E-state index in [9.17, 15) is 5.11 Å². The lowest BCUT2D eigenvalue weighted by Crippen LogP contribution is -2.33. The number of ether oxygens (including phenoxy) is 2. The zero-order valence-corrected chi connectivity index (χ0v) is 10.5. The average molecular weight is 240 g/mol. The molecule has 1 aromatic rings. The van der Waals surface area contributed by atoms with Gasteiger partial charge < -0.3 is 14.6 Å². The minimum Gasteiger partial charge on any atom is -0.371 e. The molecule has 0 aliphatic carbocycles. The summed E-state index contributed by atoms with van der Waals surface area (Å²) in [6.45, 7) is 5.98. The monoisotopic (exact) mass is 240 g/mol. The van der Waals surface area contributed by atoms with Gasteiger partial charge in [0, 0.05) is 18.8 Å². The molecule has 0 aromatic carbocycles. The first-order chi connectivity index (χ1) is 7.94. The van der Waals surface area contributed by atoms with Gasteiger partial charge in [-0.25, -0.2) is 0 Å². The summed E-state index contributed by atoms with van der Waals surface area (Å²) in [5, 5.41) is 13.8. The van der Waals surface area contributed by atoms with Gasteiger partial charge in [-0.1, -0.05) is 0 Å². The van der Waals surface area contributed by atoms with E-state index in [-0.39, 0.29) is 18.3 Å². The second kappa shape index (κ2) is 4.76. The van der Waals surface area contributed by atoms with E-state index in [4.69, 9.17) is 9.47 Å². The summed E-state index contributed by atoms with van der Waals surface area (Å²) >= 11 is 0. The highest BCUT2D eigenvalue weighted by Gasteiger charge is 2.36. The molecule has 17 heavy (non-hydrogen) atoms. The summed E-state index contributed by atoms with van der Waals surface area (Å²) in [7, 11) is 0. The first-order valence-corrected chi connectivity index (χ1v) is 5.97. The molecule has 1 aliphatic rings. The van der Waals surface area contributed by atoms with Crippen LogP contribution in [0.25, 0.3) is 0 Å². The van der Waals surface area contributed by atoms with Gasteiger partial charge in [-0.15, -0.1) is 0 Å². The number of hydrogen-bond acceptors (Lipinski definition) is 4. The molecule has 0 spiro atoms. The van der Waals surface area contributed by atoms with Crippen molar-refractivity contribution in [2.24, 2.45) is 0 Å². The van der Waals surface area contributed by atoms with Crippen LogP contribution < -0.4 is 0 Å². The molecular weight excluding hydrogens is 220 g/mol. The van der Waals surface area contributed by atoms with Crippen LogP contribution in [0, 0.1) is 0 Å². The van der Waals surface area contributed by atoms with Crippen LogP contribution in [0.4, 0.5) is 0 Å². The standard InChI is InChI=1S/C12H20N2O3/c1-9-11(17-12(2,3)15)7-10(16-9)8-14-6-4-5-13-14/h4-6,9-11,15H,7-8H2,1-3H3/t9-,10-,11+/m0/s1. The van der Waals surface area contributed by atoms with Gasteiger partial charge in [0.1, 0.15) is 0 Å². The molecule has 96 valence electrons. The van der Waals surface area contributed by atoms with E-state index in [2.05, 4.69) is 5.10 Å². The van der Waals surface area contributed by atoms with Gasteiger partial charge in [0.15, 0.2) is 5.79 Å². The molecule has 1 fully saturated rings. The third-order valence-corrected chi connectivity index (χ3v) is 2.82. The molecule has 1 saturated heterocycles. The Balaban J connectivity index is 1.88. The summed E-state index contributed by atoms with van der Waals surface area (Å²) in [5.41, 5.74) is 0. The summed E-state index contributed by atoms with van der Waals surface area (Å²) in [6, 6.07) is 1.89. The van der Waals surface area contributed by atoms with Gasteiger partial charge in [0.05, 0.1) is 24.9 Å². The van der Waals surface area contributed by atoms with Crippen LogP contribution in [0.15, 0.2) is 18.5 Å². The van der Waals surface area contributed by atoms with Crippen molar-refractivity contribution in [3.05, 3.63) is 18.5 Å². The molecule has 2 heterocycles. The summed E-state index contributed by atoms with van der Waals surface area (Å²) in [6.07, 6.45) is 4.49. The zero-order valence-electron chi connectivity index (χ0n) is 10.5. The lowest BCUT2D eigenvalue weighted by Gasteiger charge is -2.24. The largest absolute Gasteiger partial charge is 0.371 e. The molecule has 1 aliphatic heterocycles. The van der Waals surface area contributed by atoms with Gasteiger partial charge in [-0.2, -0.15) is 5.10 Å². The number of hydrogen-bond donors (Lipinski definition) is 1. The van der Waals surface area contributed by atoms with E-state index in [0.29, 0.717) is 0 Å². The van der Waals surface area contributed by atoms with Crippen molar-refractivity contribution >= 4 is 0 Å². The molecule has 3 atom stereocenters. The first-order valence-electron chi connectivity index (χ1n) is 5.97. The second-order valence-electron chi connectivity index (χ2n) is 5.03. The van der Waals surface area contributed by atoms with E-state index in [1.165, 1.54) is 0 Å². The number of nitrogens with zero attached hydrogens (tertiary/aromatic N) is 2. The van der Waals surface area contributed by atoms with Crippen molar-refractivity contribution in [2.45, 2.75) is 57.8 Å². The molecule has 2 rings (SSSR count). The Labute approximate surface area is 101 Å². The van der Waals surface area contributed by atoms with Crippen molar-refractivity contribution < 1.29 is 14.6 Å². The average Bonchev–Trinajstić information content (AvgIpc) is 2.76. The number of aliphatic hydroxyl groups is 1. The minimum absolute atomic E-state index is 0.00184. The van der Waals surface area contributed by atoms with Crippen LogP contribution in [-0.2, 0) is 16.0 Å². The van der Waals surface area contributed by atoms with Crippen LogP contribution in [0.5, 0.6) is 0 Å². The Morgan fingerprint density at radius 1 is 1.59 bits per heavy atom. The highest BCUT2D eigenvalue weighted by atomic mass is 16.6. The van der Waals surface area contributed by atoms with Gasteiger partial charge in [0.2, 0.25) is 0 Å². The normalized spacial score (nSPS) is 29.8. The van der Waals surface area contributed by atoms with Gasteiger partial charge in [-0.3, -0.25) is 4.68 Å². The Morgan fingerprint density at radius 3 is 2.94 bits per heavy atom. The first kappa shape index (κ1) is 12.5. The van der Waals surface area contributed by atoms with Crippen LogP contribution in [-0.4, -0.2) is 39.0 Å². The Bertz CT molecular complexity index is 345. The van der Waals surface area contributed by atoms with Gasteiger partial charge >= 0.3 is 0 Å². The molecule has 0 amide bonds. The molecule has 0 bridgehead atoms. The maximum atomic E-state index is 9.64. The SMILES string of the molecule is C[C@@H]1O[C@H](Cn2cccn2)C[C@H]1OC(C)(C)O. The van der Waals surface area contributed by atoms with Crippen molar-refractivity contribution in [3.63, 3.8) is 0 Å². The predicted octanol–water partition coefficient (Wildman–Crippen LogP) is 1.17. The lowest BCUT2D eigenvalue weighted by molar-refractivity contribution is -0.212. The molecular formula is C12H20N2O3. The highest BCUT2D eigenvalue weighted by Crippen LogP contribution is 2.26. The van der Waals surface area contributed by atoms with Crippen LogP contribution >= 0.6 is 0 Å². The molecule has 1 aromatic heterocycles. The number of rotatable bonds is 4. The predicted molar refractivity (Wildman–Crippen MR) is 62.3 cm³/mol. The van der Waals surface area contributed by atoms with Crippen molar-refractivity contribution in [1.82, 2.24) is 9.78 Å². The zero-order chi connectivity index (χ0) is 12.5. The quantitative estimate of drug-likeness (QED) is 0.803. The van der Waals surface area contributed by atoms with E-state index < -0.39 is 5.79 Å². The molecule has 5 heteroatoms. The number of aromatic nitrogens is 2. The van der Waals surface area contributed by atoms with Gasteiger partial charge in [0.25, 0.3) is 0 Å². The van der Waals surface area contributed by atoms with Crippen LogP contribution in [0.1, 0.15) is 27.2 Å². The summed E-state index contributed by atoms with van der Waals surface area (Å²) in [5.74, 6) is -1.11. The van der Waals surface area contributed by atoms with E-state index in [0.717, 1.165) is 13.0 Å². The lowest BCUT2D eigenvalue weighted by atomic mass is 10.1. The van der Waals surface area contributed by atoms with Crippen LogP contribution in [0.3, 0.4) is 0 Å². The van der Waals surface area contributed by atoms with E-state index >= 15 is 0 Å². The molecule has 0 radical (unpaired) electrons. The van der Waals surface area contributed by atoms with E-state index in [1.54, 1.807) is 20.0 Å². The Kier molecular flexibility index (Phi) is 3.51. The molecule has 1 N–H and O–H groups in total. The fourth-order valence-electron chi connectivity index (χ4n) is 2.15. The molecule has 5 nitrogen and oxygen atoms in total. The smallest absolute Gasteiger partial charge is 0.160 e. The second-order valence-corrected chi connectivity index (χ2v) is 5.03.